The third-order valence-electron chi connectivity index (χ3n) is 3.55. The van der Waals surface area contributed by atoms with Crippen LogP contribution in [0.5, 0.6) is 5.75 Å². The Bertz CT molecular complexity index is 523. The third kappa shape index (κ3) is 2.57. The van der Waals surface area contributed by atoms with Gasteiger partial charge in [-0.2, -0.15) is 0 Å². The molecule has 102 valence electrons. The molecule has 1 fully saturated rings. The van der Waals surface area contributed by atoms with Gasteiger partial charge in [0.2, 0.25) is 5.91 Å². The van der Waals surface area contributed by atoms with Crippen LogP contribution in [-0.2, 0) is 11.2 Å². The number of ether oxygens (including phenoxy) is 1. The molecule has 19 heavy (non-hydrogen) atoms. The van der Waals surface area contributed by atoms with Crippen LogP contribution in [0.4, 0.5) is 0 Å². The summed E-state index contributed by atoms with van der Waals surface area (Å²) in [5, 5.41) is 2.26. The van der Waals surface area contributed by atoms with Crippen LogP contribution in [-0.4, -0.2) is 17.6 Å². The number of fused-ring (bicyclic) bond motifs is 1. The number of alkyl halides is 1. The molecule has 1 saturated carbocycles. The van der Waals surface area contributed by atoms with Gasteiger partial charge in [0.25, 0.3) is 0 Å². The van der Waals surface area contributed by atoms with Crippen molar-refractivity contribution >= 4 is 17.5 Å². The standard InChI is InChI=1S/C15H18ClNO2/c1-15(2)8-9-4-3-5-11(13(9)19-15)12(16)14(18)17-10-6-7-10/h3-5,10,12H,6-8H2,1-2H3,(H,17,18). The highest BCUT2D eigenvalue weighted by Crippen LogP contribution is 2.41. The highest BCUT2D eigenvalue weighted by molar-refractivity contribution is 6.31. The van der Waals surface area contributed by atoms with E-state index in [0.717, 1.165) is 36.1 Å². The molecular formula is C15H18ClNO2. The van der Waals surface area contributed by atoms with Gasteiger partial charge in [-0.15, -0.1) is 11.6 Å². The lowest BCUT2D eigenvalue weighted by Crippen LogP contribution is -2.29. The fourth-order valence-corrected chi connectivity index (χ4v) is 2.72. The first-order chi connectivity index (χ1) is 8.96. The van der Waals surface area contributed by atoms with E-state index in [1.165, 1.54) is 0 Å². The second-order valence-electron chi connectivity index (χ2n) is 6.02. The van der Waals surface area contributed by atoms with Gasteiger partial charge in [0.05, 0.1) is 0 Å². The van der Waals surface area contributed by atoms with Crippen molar-refractivity contribution in [1.29, 1.82) is 0 Å². The number of nitrogens with one attached hydrogen (secondary N) is 1. The lowest BCUT2D eigenvalue weighted by molar-refractivity contribution is -0.121. The van der Waals surface area contributed by atoms with E-state index in [1.807, 2.05) is 32.0 Å². The fraction of sp³-hybridized carbons (Fsp3) is 0.533. The zero-order valence-electron chi connectivity index (χ0n) is 11.2. The molecule has 1 heterocycles. The number of carbonyl (C=O) groups excluding carboxylic acids is 1. The maximum atomic E-state index is 12.1. The van der Waals surface area contributed by atoms with Crippen LogP contribution in [0.25, 0.3) is 0 Å². The molecule has 1 atom stereocenters. The predicted octanol–water partition coefficient (Wildman–Crippen LogP) is 2.96. The molecule has 1 aromatic rings. The SMILES string of the molecule is CC1(C)Cc2cccc(C(Cl)C(=O)NC3CC3)c2O1. The molecule has 2 aliphatic rings. The molecule has 1 aliphatic carbocycles. The van der Waals surface area contributed by atoms with Gasteiger partial charge in [0.1, 0.15) is 16.7 Å². The first-order valence-corrected chi connectivity index (χ1v) is 7.15. The molecular weight excluding hydrogens is 262 g/mol. The van der Waals surface area contributed by atoms with Gasteiger partial charge in [-0.25, -0.2) is 0 Å². The Hall–Kier alpha value is -1.22. The van der Waals surface area contributed by atoms with Crippen LogP contribution in [0.1, 0.15) is 43.2 Å². The second-order valence-corrected chi connectivity index (χ2v) is 6.46. The number of amides is 1. The Morgan fingerprint density at radius 2 is 2.21 bits per heavy atom. The minimum Gasteiger partial charge on any atom is -0.487 e. The molecule has 3 nitrogen and oxygen atoms in total. The molecule has 1 aromatic carbocycles. The van der Waals surface area contributed by atoms with E-state index >= 15 is 0 Å². The molecule has 0 bridgehead atoms. The van der Waals surface area contributed by atoms with Gasteiger partial charge in [-0.1, -0.05) is 18.2 Å². The van der Waals surface area contributed by atoms with E-state index in [4.69, 9.17) is 16.3 Å². The highest BCUT2D eigenvalue weighted by Gasteiger charge is 2.35. The Morgan fingerprint density at radius 1 is 1.47 bits per heavy atom. The summed E-state index contributed by atoms with van der Waals surface area (Å²) in [6.45, 7) is 4.09. The lowest BCUT2D eigenvalue weighted by Gasteiger charge is -2.19. The van der Waals surface area contributed by atoms with Crippen molar-refractivity contribution < 1.29 is 9.53 Å². The first kappa shape index (κ1) is 12.8. The number of hydrogen-bond donors (Lipinski definition) is 1. The van der Waals surface area contributed by atoms with Gasteiger partial charge < -0.3 is 10.1 Å². The van der Waals surface area contributed by atoms with Gasteiger partial charge in [-0.3, -0.25) is 4.79 Å². The van der Waals surface area contributed by atoms with Crippen molar-refractivity contribution in [3.05, 3.63) is 29.3 Å². The average Bonchev–Trinajstić information content (AvgIpc) is 3.07. The summed E-state index contributed by atoms with van der Waals surface area (Å²) >= 11 is 6.31. The Morgan fingerprint density at radius 3 is 2.89 bits per heavy atom. The molecule has 0 aromatic heterocycles. The Labute approximate surface area is 118 Å². The summed E-state index contributed by atoms with van der Waals surface area (Å²) in [5.74, 6) is 0.671. The van der Waals surface area contributed by atoms with Gasteiger partial charge in [0, 0.05) is 18.0 Å². The number of halogens is 1. The van der Waals surface area contributed by atoms with E-state index < -0.39 is 5.38 Å². The first-order valence-electron chi connectivity index (χ1n) is 6.71. The molecule has 0 radical (unpaired) electrons. The van der Waals surface area contributed by atoms with Gasteiger partial charge in [-0.05, 0) is 32.3 Å². The van der Waals surface area contributed by atoms with Crippen molar-refractivity contribution in [1.82, 2.24) is 5.32 Å². The van der Waals surface area contributed by atoms with Crippen molar-refractivity contribution in [2.24, 2.45) is 0 Å². The smallest absolute Gasteiger partial charge is 0.242 e. The van der Waals surface area contributed by atoms with E-state index in [-0.39, 0.29) is 11.5 Å². The molecule has 1 amide bonds. The number of hydrogen-bond acceptors (Lipinski definition) is 2. The highest BCUT2D eigenvalue weighted by atomic mass is 35.5. The third-order valence-corrected chi connectivity index (χ3v) is 3.98. The van der Waals surface area contributed by atoms with Crippen molar-refractivity contribution in [3.63, 3.8) is 0 Å². The molecule has 1 N–H and O–H groups in total. The summed E-state index contributed by atoms with van der Waals surface area (Å²) in [4.78, 5) is 12.1. The summed E-state index contributed by atoms with van der Waals surface area (Å²) in [6.07, 6.45) is 2.97. The monoisotopic (exact) mass is 279 g/mol. The van der Waals surface area contributed by atoms with Crippen LogP contribution in [0.2, 0.25) is 0 Å². The fourth-order valence-electron chi connectivity index (χ4n) is 2.48. The number of benzene rings is 1. The van der Waals surface area contributed by atoms with Crippen molar-refractivity contribution in [3.8, 4) is 5.75 Å². The molecule has 3 rings (SSSR count). The van der Waals surface area contributed by atoms with Crippen LogP contribution < -0.4 is 10.1 Å². The minimum absolute atomic E-state index is 0.120. The maximum absolute atomic E-state index is 12.1. The van der Waals surface area contributed by atoms with Crippen molar-refractivity contribution in [2.45, 2.75) is 50.1 Å². The number of rotatable bonds is 3. The number of carbonyl (C=O) groups is 1. The Balaban J connectivity index is 1.85. The van der Waals surface area contributed by atoms with E-state index in [0.29, 0.717) is 6.04 Å². The Kier molecular flexibility index (Phi) is 2.97. The quantitative estimate of drug-likeness (QED) is 0.864. The van der Waals surface area contributed by atoms with Crippen LogP contribution in [0, 0.1) is 0 Å². The van der Waals surface area contributed by atoms with Crippen molar-refractivity contribution in [2.75, 3.05) is 0 Å². The topological polar surface area (TPSA) is 38.3 Å². The summed E-state index contributed by atoms with van der Waals surface area (Å²) in [7, 11) is 0. The van der Waals surface area contributed by atoms with E-state index in [9.17, 15) is 4.79 Å². The molecule has 0 spiro atoms. The largest absolute Gasteiger partial charge is 0.487 e. The van der Waals surface area contributed by atoms with E-state index in [2.05, 4.69) is 5.32 Å². The normalized spacial score (nSPS) is 21.4. The summed E-state index contributed by atoms with van der Waals surface area (Å²) in [6, 6.07) is 6.18. The van der Waals surface area contributed by atoms with Crippen LogP contribution in [0.3, 0.4) is 0 Å². The molecule has 1 unspecified atom stereocenters. The molecule has 1 aliphatic heterocycles. The molecule has 0 saturated heterocycles. The summed E-state index contributed by atoms with van der Waals surface area (Å²) in [5.41, 5.74) is 1.69. The predicted molar refractivity (Wildman–Crippen MR) is 74.6 cm³/mol. The van der Waals surface area contributed by atoms with Gasteiger partial charge >= 0.3 is 0 Å². The number of para-hydroxylation sites is 1. The zero-order chi connectivity index (χ0) is 13.6. The molecule has 4 heteroatoms. The van der Waals surface area contributed by atoms with Crippen LogP contribution in [0.15, 0.2) is 18.2 Å². The summed E-state index contributed by atoms with van der Waals surface area (Å²) < 4.78 is 5.95. The average molecular weight is 280 g/mol. The zero-order valence-corrected chi connectivity index (χ0v) is 12.0. The van der Waals surface area contributed by atoms with Gasteiger partial charge in [0.15, 0.2) is 0 Å². The maximum Gasteiger partial charge on any atom is 0.242 e. The second kappa shape index (κ2) is 4.41. The van der Waals surface area contributed by atoms with Crippen LogP contribution >= 0.6 is 11.6 Å². The lowest BCUT2D eigenvalue weighted by atomic mass is 9.99. The minimum atomic E-state index is -0.676. The van der Waals surface area contributed by atoms with E-state index in [1.54, 1.807) is 0 Å².